The fourth-order valence-electron chi connectivity index (χ4n) is 1.66. The summed E-state index contributed by atoms with van der Waals surface area (Å²) in [5, 5.41) is 9.50. The van der Waals surface area contributed by atoms with Crippen molar-refractivity contribution in [1.29, 1.82) is 0 Å². The third-order valence-electron chi connectivity index (χ3n) is 2.52. The third kappa shape index (κ3) is 2.82. The molecule has 0 bridgehead atoms. The fourth-order valence-corrected chi connectivity index (χ4v) is 1.66. The van der Waals surface area contributed by atoms with E-state index in [2.05, 4.69) is 4.98 Å². The summed E-state index contributed by atoms with van der Waals surface area (Å²) in [5.74, 6) is 1.29. The maximum Gasteiger partial charge on any atom is 0.219 e. The molecule has 1 aromatic carbocycles. The van der Waals surface area contributed by atoms with Crippen molar-refractivity contribution in [2.24, 2.45) is 0 Å². The second kappa shape index (κ2) is 4.97. The number of aryl methyl sites for hydroxylation is 1. The monoisotopic (exact) mass is 229 g/mol. The molecule has 17 heavy (non-hydrogen) atoms. The molecular formula is C14H15NO2. The fraction of sp³-hybridized carbons (Fsp3) is 0.214. The Morgan fingerprint density at radius 3 is 2.41 bits per heavy atom. The highest BCUT2D eigenvalue weighted by atomic mass is 16.5. The number of aliphatic hydroxyl groups excluding tert-OH is 1. The number of pyridine rings is 1. The van der Waals surface area contributed by atoms with Gasteiger partial charge < -0.3 is 9.84 Å². The first-order chi connectivity index (χ1) is 8.16. The van der Waals surface area contributed by atoms with Gasteiger partial charge in [0.25, 0.3) is 0 Å². The van der Waals surface area contributed by atoms with Crippen LogP contribution >= 0.6 is 0 Å². The minimum absolute atomic E-state index is 0.506. The molecule has 0 fully saturated rings. The molecule has 0 saturated carbocycles. The molecule has 88 valence electrons. The minimum Gasteiger partial charge on any atom is -0.439 e. The Kier molecular flexibility index (Phi) is 3.40. The summed E-state index contributed by atoms with van der Waals surface area (Å²) in [4.78, 5) is 4.31. The van der Waals surface area contributed by atoms with Crippen LogP contribution in [-0.4, -0.2) is 10.1 Å². The summed E-state index contributed by atoms with van der Waals surface area (Å²) in [6, 6.07) is 13.1. The van der Waals surface area contributed by atoms with Crippen LogP contribution in [0, 0.1) is 6.92 Å². The van der Waals surface area contributed by atoms with Crippen LogP contribution in [0.5, 0.6) is 11.6 Å². The van der Waals surface area contributed by atoms with Crippen LogP contribution in [-0.2, 0) is 0 Å². The third-order valence-corrected chi connectivity index (χ3v) is 2.52. The molecule has 2 rings (SSSR count). The highest BCUT2D eigenvalue weighted by molar-refractivity contribution is 5.30. The predicted molar refractivity (Wildman–Crippen MR) is 66.1 cm³/mol. The molecule has 0 spiro atoms. The summed E-state index contributed by atoms with van der Waals surface area (Å²) < 4.78 is 5.60. The zero-order chi connectivity index (χ0) is 12.3. The lowest BCUT2D eigenvalue weighted by atomic mass is 10.1. The van der Waals surface area contributed by atoms with E-state index in [0.29, 0.717) is 5.88 Å². The van der Waals surface area contributed by atoms with Gasteiger partial charge >= 0.3 is 0 Å². The summed E-state index contributed by atoms with van der Waals surface area (Å²) in [6.45, 7) is 3.58. The van der Waals surface area contributed by atoms with Crippen molar-refractivity contribution in [3.8, 4) is 11.6 Å². The minimum atomic E-state index is -0.506. The Hall–Kier alpha value is -1.87. The van der Waals surface area contributed by atoms with Crippen molar-refractivity contribution < 1.29 is 9.84 Å². The Morgan fingerprint density at radius 1 is 1.12 bits per heavy atom. The van der Waals surface area contributed by atoms with Gasteiger partial charge in [0, 0.05) is 17.3 Å². The second-order valence-electron chi connectivity index (χ2n) is 3.92. The van der Waals surface area contributed by atoms with Crippen LogP contribution in [0.15, 0.2) is 42.5 Å². The van der Waals surface area contributed by atoms with E-state index >= 15 is 0 Å². The SMILES string of the molecule is Cc1nc(Oc2ccccc2)ccc1C(C)O. The Labute approximate surface area is 101 Å². The first-order valence-electron chi connectivity index (χ1n) is 5.55. The van der Waals surface area contributed by atoms with Gasteiger partial charge in [-0.15, -0.1) is 0 Å². The highest BCUT2D eigenvalue weighted by Crippen LogP contribution is 2.22. The average molecular weight is 229 g/mol. The van der Waals surface area contributed by atoms with Crippen LogP contribution in [0.4, 0.5) is 0 Å². The molecule has 0 amide bonds. The van der Waals surface area contributed by atoms with Crippen LogP contribution in [0.3, 0.4) is 0 Å². The molecule has 1 atom stereocenters. The number of aliphatic hydroxyl groups is 1. The topological polar surface area (TPSA) is 42.4 Å². The van der Waals surface area contributed by atoms with E-state index in [1.165, 1.54) is 0 Å². The molecule has 1 heterocycles. The summed E-state index contributed by atoms with van der Waals surface area (Å²) in [5.41, 5.74) is 1.61. The highest BCUT2D eigenvalue weighted by Gasteiger charge is 2.07. The van der Waals surface area contributed by atoms with Gasteiger partial charge in [-0.2, -0.15) is 0 Å². The lowest BCUT2D eigenvalue weighted by Gasteiger charge is -2.10. The normalized spacial score (nSPS) is 12.2. The van der Waals surface area contributed by atoms with E-state index in [-0.39, 0.29) is 0 Å². The van der Waals surface area contributed by atoms with Crippen LogP contribution in [0.2, 0.25) is 0 Å². The molecule has 1 N–H and O–H groups in total. The maximum absolute atomic E-state index is 9.50. The van der Waals surface area contributed by atoms with Gasteiger partial charge in [0.15, 0.2) is 0 Å². The lowest BCUT2D eigenvalue weighted by Crippen LogP contribution is -1.98. The summed E-state index contributed by atoms with van der Waals surface area (Å²) in [6.07, 6.45) is -0.506. The van der Waals surface area contributed by atoms with E-state index in [9.17, 15) is 5.11 Å². The van der Waals surface area contributed by atoms with Crippen LogP contribution in [0.25, 0.3) is 0 Å². The number of para-hydroxylation sites is 1. The number of nitrogens with zero attached hydrogens (tertiary/aromatic N) is 1. The van der Waals surface area contributed by atoms with Gasteiger partial charge in [0.05, 0.1) is 6.10 Å². The predicted octanol–water partition coefficient (Wildman–Crippen LogP) is 3.24. The number of hydrogen-bond donors (Lipinski definition) is 1. The van der Waals surface area contributed by atoms with Crippen molar-refractivity contribution >= 4 is 0 Å². The Balaban J connectivity index is 2.21. The van der Waals surface area contributed by atoms with Crippen molar-refractivity contribution in [2.75, 3.05) is 0 Å². The second-order valence-corrected chi connectivity index (χ2v) is 3.92. The van der Waals surface area contributed by atoms with Crippen molar-refractivity contribution in [3.05, 3.63) is 53.7 Å². The van der Waals surface area contributed by atoms with Crippen LogP contribution < -0.4 is 4.74 Å². The number of rotatable bonds is 3. The molecule has 1 aromatic heterocycles. The van der Waals surface area contributed by atoms with E-state index in [0.717, 1.165) is 17.0 Å². The Morgan fingerprint density at radius 2 is 1.82 bits per heavy atom. The van der Waals surface area contributed by atoms with Gasteiger partial charge in [0.2, 0.25) is 5.88 Å². The molecule has 0 saturated heterocycles. The molecule has 2 aromatic rings. The van der Waals surface area contributed by atoms with Crippen molar-refractivity contribution in [1.82, 2.24) is 4.98 Å². The molecule has 0 aliphatic rings. The summed E-state index contributed by atoms with van der Waals surface area (Å²) in [7, 11) is 0. The molecule has 0 aliphatic carbocycles. The number of benzene rings is 1. The quantitative estimate of drug-likeness (QED) is 0.878. The van der Waals surface area contributed by atoms with Gasteiger partial charge in [0.1, 0.15) is 5.75 Å². The van der Waals surface area contributed by atoms with Gasteiger partial charge in [-0.25, -0.2) is 4.98 Å². The van der Waals surface area contributed by atoms with Crippen LogP contribution in [0.1, 0.15) is 24.3 Å². The zero-order valence-corrected chi connectivity index (χ0v) is 9.92. The zero-order valence-electron chi connectivity index (χ0n) is 9.92. The lowest BCUT2D eigenvalue weighted by molar-refractivity contribution is 0.198. The van der Waals surface area contributed by atoms with E-state index < -0.39 is 6.10 Å². The number of hydrogen-bond acceptors (Lipinski definition) is 3. The number of ether oxygens (including phenoxy) is 1. The van der Waals surface area contributed by atoms with Gasteiger partial charge in [-0.3, -0.25) is 0 Å². The van der Waals surface area contributed by atoms with Crippen molar-refractivity contribution in [2.45, 2.75) is 20.0 Å². The maximum atomic E-state index is 9.50. The average Bonchev–Trinajstić information content (AvgIpc) is 2.30. The van der Waals surface area contributed by atoms with E-state index in [4.69, 9.17) is 4.74 Å². The number of aromatic nitrogens is 1. The molecule has 3 nitrogen and oxygen atoms in total. The molecule has 3 heteroatoms. The molecule has 1 unspecified atom stereocenters. The first kappa shape index (κ1) is 11.6. The molecule has 0 radical (unpaired) electrons. The standard InChI is InChI=1S/C14H15NO2/c1-10-13(11(2)16)8-9-14(15-10)17-12-6-4-3-5-7-12/h3-9,11,16H,1-2H3. The van der Waals surface area contributed by atoms with E-state index in [1.807, 2.05) is 43.3 Å². The van der Waals surface area contributed by atoms with E-state index in [1.54, 1.807) is 13.0 Å². The smallest absolute Gasteiger partial charge is 0.219 e. The molecule has 0 aliphatic heterocycles. The Bertz CT molecular complexity index is 495. The molecular weight excluding hydrogens is 214 g/mol. The van der Waals surface area contributed by atoms with Gasteiger partial charge in [-0.05, 0) is 32.0 Å². The first-order valence-corrected chi connectivity index (χ1v) is 5.55. The van der Waals surface area contributed by atoms with Crippen molar-refractivity contribution in [3.63, 3.8) is 0 Å². The van der Waals surface area contributed by atoms with Gasteiger partial charge in [-0.1, -0.05) is 18.2 Å². The summed E-state index contributed by atoms with van der Waals surface area (Å²) >= 11 is 0. The largest absolute Gasteiger partial charge is 0.439 e.